The zero-order valence-corrected chi connectivity index (χ0v) is 13.3. The summed E-state index contributed by atoms with van der Waals surface area (Å²) in [6.45, 7) is 3.04. The topological polar surface area (TPSA) is 44.9 Å². The van der Waals surface area contributed by atoms with Crippen LogP contribution in [-0.4, -0.2) is 37.5 Å². The molecular weight excluding hydrogens is 260 g/mol. The van der Waals surface area contributed by atoms with Crippen molar-refractivity contribution in [2.45, 2.75) is 44.2 Å². The Morgan fingerprint density at radius 1 is 1.19 bits per heavy atom. The molecule has 1 unspecified atom stereocenters. The van der Waals surface area contributed by atoms with Crippen molar-refractivity contribution in [3.63, 3.8) is 0 Å². The molecule has 4 nitrogen and oxygen atoms in total. The van der Waals surface area contributed by atoms with Crippen LogP contribution in [0.4, 0.5) is 5.69 Å². The van der Waals surface area contributed by atoms with E-state index in [1.54, 1.807) is 0 Å². The Kier molecular flexibility index (Phi) is 3.56. The third-order valence-corrected chi connectivity index (χ3v) is 5.02. The SMILES string of the molecule is CN(C)c1ccc(C2(C)CN=C(N)N2C2CCCC2)cc1. The minimum atomic E-state index is -0.0933. The summed E-state index contributed by atoms with van der Waals surface area (Å²) in [5, 5.41) is 0. The standard InChI is InChI=1S/C17H26N4/c1-17(13-8-10-14(11-9-13)20(2)3)12-19-16(18)21(17)15-6-4-5-7-15/h8-11,15H,4-7,12H2,1-3H3,(H2,18,19). The van der Waals surface area contributed by atoms with E-state index >= 15 is 0 Å². The Labute approximate surface area is 127 Å². The number of hydrogen-bond donors (Lipinski definition) is 1. The third kappa shape index (κ3) is 2.37. The van der Waals surface area contributed by atoms with E-state index in [1.165, 1.54) is 36.9 Å². The second-order valence-electron chi connectivity index (χ2n) is 6.70. The number of rotatable bonds is 3. The first-order valence-electron chi connectivity index (χ1n) is 7.89. The van der Waals surface area contributed by atoms with Crippen LogP contribution in [0.3, 0.4) is 0 Å². The molecule has 1 aliphatic carbocycles. The Hall–Kier alpha value is -1.71. The van der Waals surface area contributed by atoms with Crippen LogP contribution < -0.4 is 10.6 Å². The lowest BCUT2D eigenvalue weighted by atomic mass is 9.89. The van der Waals surface area contributed by atoms with Crippen molar-refractivity contribution in [3.05, 3.63) is 29.8 Å². The van der Waals surface area contributed by atoms with Crippen molar-refractivity contribution in [1.82, 2.24) is 4.90 Å². The molecule has 0 spiro atoms. The van der Waals surface area contributed by atoms with Crippen LogP contribution in [0.5, 0.6) is 0 Å². The van der Waals surface area contributed by atoms with Crippen LogP contribution in [0.1, 0.15) is 38.2 Å². The maximum atomic E-state index is 6.22. The lowest BCUT2D eigenvalue weighted by Crippen LogP contribution is -2.52. The fourth-order valence-electron chi connectivity index (χ4n) is 3.74. The van der Waals surface area contributed by atoms with Crippen molar-refractivity contribution >= 4 is 11.6 Å². The van der Waals surface area contributed by atoms with Gasteiger partial charge in [0.05, 0.1) is 12.1 Å². The summed E-state index contributed by atoms with van der Waals surface area (Å²) < 4.78 is 0. The monoisotopic (exact) mass is 286 g/mol. The number of nitrogens with two attached hydrogens (primary N) is 1. The molecule has 3 rings (SSSR count). The molecule has 0 radical (unpaired) electrons. The Morgan fingerprint density at radius 3 is 2.38 bits per heavy atom. The largest absolute Gasteiger partial charge is 0.378 e. The molecule has 1 aromatic carbocycles. The molecule has 1 aromatic rings. The molecule has 0 aromatic heterocycles. The lowest BCUT2D eigenvalue weighted by molar-refractivity contribution is 0.167. The van der Waals surface area contributed by atoms with E-state index < -0.39 is 0 Å². The quantitative estimate of drug-likeness (QED) is 0.928. The predicted molar refractivity (Wildman–Crippen MR) is 88.7 cm³/mol. The highest BCUT2D eigenvalue weighted by molar-refractivity contribution is 5.81. The normalized spacial score (nSPS) is 26.2. The van der Waals surface area contributed by atoms with Crippen LogP contribution in [-0.2, 0) is 5.54 Å². The average molecular weight is 286 g/mol. The Bertz CT molecular complexity index is 528. The van der Waals surface area contributed by atoms with E-state index in [0.29, 0.717) is 6.04 Å². The second-order valence-corrected chi connectivity index (χ2v) is 6.70. The maximum absolute atomic E-state index is 6.22. The van der Waals surface area contributed by atoms with Gasteiger partial charge in [0.15, 0.2) is 5.96 Å². The number of anilines is 1. The Balaban J connectivity index is 1.91. The predicted octanol–water partition coefficient (Wildman–Crippen LogP) is 2.54. The molecule has 114 valence electrons. The van der Waals surface area contributed by atoms with Gasteiger partial charge < -0.3 is 15.5 Å². The summed E-state index contributed by atoms with van der Waals surface area (Å²) in [7, 11) is 4.14. The molecule has 1 aliphatic heterocycles. The minimum absolute atomic E-state index is 0.0933. The summed E-state index contributed by atoms with van der Waals surface area (Å²) in [6, 6.07) is 9.37. The zero-order valence-electron chi connectivity index (χ0n) is 13.3. The van der Waals surface area contributed by atoms with E-state index in [1.807, 2.05) is 0 Å². The van der Waals surface area contributed by atoms with Gasteiger partial charge in [0.1, 0.15) is 0 Å². The summed E-state index contributed by atoms with van der Waals surface area (Å²) >= 11 is 0. The molecule has 2 N–H and O–H groups in total. The first-order chi connectivity index (χ1) is 10.0. The third-order valence-electron chi connectivity index (χ3n) is 5.02. The maximum Gasteiger partial charge on any atom is 0.192 e. The van der Waals surface area contributed by atoms with Crippen molar-refractivity contribution in [3.8, 4) is 0 Å². The summed E-state index contributed by atoms with van der Waals surface area (Å²) in [4.78, 5) is 9.06. The van der Waals surface area contributed by atoms with Crippen LogP contribution in [0, 0.1) is 0 Å². The van der Waals surface area contributed by atoms with Gasteiger partial charge in [-0.2, -0.15) is 0 Å². The van der Waals surface area contributed by atoms with Crippen molar-refractivity contribution in [2.24, 2.45) is 10.7 Å². The molecule has 1 saturated carbocycles. The van der Waals surface area contributed by atoms with Crippen LogP contribution in [0.15, 0.2) is 29.3 Å². The fraction of sp³-hybridized carbons (Fsp3) is 0.588. The van der Waals surface area contributed by atoms with Gasteiger partial charge in [0.2, 0.25) is 0 Å². The first-order valence-corrected chi connectivity index (χ1v) is 7.89. The smallest absolute Gasteiger partial charge is 0.192 e. The van der Waals surface area contributed by atoms with E-state index in [2.05, 4.69) is 60.1 Å². The van der Waals surface area contributed by atoms with Gasteiger partial charge in [0.25, 0.3) is 0 Å². The van der Waals surface area contributed by atoms with E-state index in [4.69, 9.17) is 5.73 Å². The van der Waals surface area contributed by atoms with Crippen molar-refractivity contribution in [1.29, 1.82) is 0 Å². The number of guanidine groups is 1. The van der Waals surface area contributed by atoms with Gasteiger partial charge in [-0.25, -0.2) is 0 Å². The van der Waals surface area contributed by atoms with E-state index in [9.17, 15) is 0 Å². The molecule has 1 heterocycles. The van der Waals surface area contributed by atoms with E-state index in [0.717, 1.165) is 12.5 Å². The fourth-order valence-corrected chi connectivity index (χ4v) is 3.74. The number of hydrogen-bond acceptors (Lipinski definition) is 4. The van der Waals surface area contributed by atoms with Gasteiger partial charge in [-0.3, -0.25) is 4.99 Å². The van der Waals surface area contributed by atoms with E-state index in [-0.39, 0.29) is 5.54 Å². The molecular formula is C17H26N4. The number of nitrogens with zero attached hydrogens (tertiary/aromatic N) is 3. The van der Waals surface area contributed by atoms with Gasteiger partial charge in [-0.05, 0) is 37.5 Å². The second kappa shape index (κ2) is 5.24. The van der Waals surface area contributed by atoms with Crippen molar-refractivity contribution < 1.29 is 0 Å². The summed E-state index contributed by atoms with van der Waals surface area (Å²) in [5.41, 5.74) is 8.66. The summed E-state index contributed by atoms with van der Waals surface area (Å²) in [5.74, 6) is 0.723. The minimum Gasteiger partial charge on any atom is -0.378 e. The summed E-state index contributed by atoms with van der Waals surface area (Å²) in [6.07, 6.45) is 5.09. The van der Waals surface area contributed by atoms with Gasteiger partial charge in [-0.1, -0.05) is 25.0 Å². The van der Waals surface area contributed by atoms with Gasteiger partial charge in [-0.15, -0.1) is 0 Å². The number of benzene rings is 1. The van der Waals surface area contributed by atoms with Crippen LogP contribution in [0.2, 0.25) is 0 Å². The first kappa shape index (κ1) is 14.2. The highest BCUT2D eigenvalue weighted by Crippen LogP contribution is 2.39. The van der Waals surface area contributed by atoms with Crippen molar-refractivity contribution in [2.75, 3.05) is 25.5 Å². The van der Waals surface area contributed by atoms with Crippen LogP contribution >= 0.6 is 0 Å². The highest BCUT2D eigenvalue weighted by atomic mass is 15.4. The molecule has 1 fully saturated rings. The molecule has 21 heavy (non-hydrogen) atoms. The van der Waals surface area contributed by atoms with Gasteiger partial charge in [0, 0.05) is 25.8 Å². The highest BCUT2D eigenvalue weighted by Gasteiger charge is 2.43. The average Bonchev–Trinajstić information content (AvgIpc) is 3.08. The zero-order chi connectivity index (χ0) is 15.0. The molecule has 0 saturated heterocycles. The lowest BCUT2D eigenvalue weighted by Gasteiger charge is -2.41. The molecule has 2 aliphatic rings. The number of aliphatic imine (C=N–C) groups is 1. The Morgan fingerprint density at radius 2 is 1.81 bits per heavy atom. The molecule has 0 bridgehead atoms. The molecule has 4 heteroatoms. The van der Waals surface area contributed by atoms with Crippen LogP contribution in [0.25, 0.3) is 0 Å². The van der Waals surface area contributed by atoms with Gasteiger partial charge >= 0.3 is 0 Å². The molecule has 0 amide bonds. The molecule has 1 atom stereocenters.